The Bertz CT molecular complexity index is 530. The van der Waals surface area contributed by atoms with Crippen molar-refractivity contribution in [1.29, 1.82) is 0 Å². The maximum atomic E-state index is 12.1. The molecular weight excluding hydrogens is 314 g/mol. The third-order valence-corrected chi connectivity index (χ3v) is 5.25. The van der Waals surface area contributed by atoms with E-state index in [0.717, 1.165) is 17.7 Å². The first kappa shape index (κ1) is 17.7. The van der Waals surface area contributed by atoms with Crippen LogP contribution >= 0.6 is 11.8 Å². The number of benzene rings is 1. The molecule has 6 nitrogen and oxygen atoms in total. The summed E-state index contributed by atoms with van der Waals surface area (Å²) in [6.07, 6.45) is 5.98. The minimum atomic E-state index is -0.433. The molecule has 0 aromatic heterocycles. The highest BCUT2D eigenvalue weighted by atomic mass is 32.2. The summed E-state index contributed by atoms with van der Waals surface area (Å²) < 4.78 is 0. The number of amides is 1. The predicted molar refractivity (Wildman–Crippen MR) is 91.4 cm³/mol. The van der Waals surface area contributed by atoms with E-state index in [1.807, 2.05) is 0 Å². The molecule has 0 bridgehead atoms. The van der Waals surface area contributed by atoms with Crippen LogP contribution in [0.1, 0.15) is 32.1 Å². The van der Waals surface area contributed by atoms with Crippen molar-refractivity contribution >= 4 is 23.4 Å². The molecule has 1 aromatic rings. The monoisotopic (exact) mass is 337 g/mol. The zero-order chi connectivity index (χ0) is 16.7. The number of rotatable bonds is 7. The molecule has 1 aliphatic rings. The first-order chi connectivity index (χ1) is 11.1. The van der Waals surface area contributed by atoms with Crippen molar-refractivity contribution in [1.82, 2.24) is 5.32 Å². The van der Waals surface area contributed by atoms with Gasteiger partial charge in [0.15, 0.2) is 0 Å². The number of carbonyl (C=O) groups is 1. The summed E-state index contributed by atoms with van der Waals surface area (Å²) in [5.41, 5.74) is 5.87. The summed E-state index contributed by atoms with van der Waals surface area (Å²) in [4.78, 5) is 23.1. The zero-order valence-corrected chi connectivity index (χ0v) is 13.9. The minimum Gasteiger partial charge on any atom is -0.351 e. The van der Waals surface area contributed by atoms with E-state index in [9.17, 15) is 14.9 Å². The van der Waals surface area contributed by atoms with Gasteiger partial charge in [-0.15, -0.1) is 11.8 Å². The van der Waals surface area contributed by atoms with Crippen LogP contribution in [0.3, 0.4) is 0 Å². The lowest BCUT2D eigenvalue weighted by Crippen LogP contribution is -2.46. The highest BCUT2D eigenvalue weighted by Gasteiger charge is 2.23. The molecule has 126 valence electrons. The first-order valence-electron chi connectivity index (χ1n) is 7.97. The number of nitrogens with one attached hydrogen (secondary N) is 1. The maximum absolute atomic E-state index is 12.1. The van der Waals surface area contributed by atoms with Crippen molar-refractivity contribution < 1.29 is 9.72 Å². The predicted octanol–water partition coefficient (Wildman–Crippen LogP) is 2.71. The Balaban J connectivity index is 1.80. The number of nitrogens with two attached hydrogens (primary N) is 1. The summed E-state index contributed by atoms with van der Waals surface area (Å²) in [5, 5.41) is 13.6. The molecule has 0 spiro atoms. The Labute approximate surface area is 140 Å². The lowest BCUT2D eigenvalue weighted by atomic mass is 9.84. The zero-order valence-electron chi connectivity index (χ0n) is 13.1. The van der Waals surface area contributed by atoms with E-state index < -0.39 is 4.92 Å². The molecule has 2 rings (SSSR count). The number of carbonyl (C=O) groups excluding carboxylic acids is 1. The number of nitrogens with zero attached hydrogens (tertiary/aromatic N) is 1. The molecular formula is C16H23N3O3S. The molecule has 0 heterocycles. The average molecular weight is 337 g/mol. The molecule has 1 aromatic carbocycles. The maximum Gasteiger partial charge on any atom is 0.269 e. The normalized spacial score (nSPS) is 16.7. The van der Waals surface area contributed by atoms with E-state index in [1.54, 1.807) is 12.1 Å². The van der Waals surface area contributed by atoms with Crippen LogP contribution in [0.25, 0.3) is 0 Å². The Kier molecular flexibility index (Phi) is 6.85. The smallest absolute Gasteiger partial charge is 0.269 e. The fourth-order valence-corrected chi connectivity index (χ4v) is 3.68. The van der Waals surface area contributed by atoms with Crippen LogP contribution in [0.2, 0.25) is 0 Å². The SMILES string of the molecule is NCC(NC(=O)CSc1ccc([N+](=O)[O-])cc1)C1CCCCC1. The highest BCUT2D eigenvalue weighted by Crippen LogP contribution is 2.26. The van der Waals surface area contributed by atoms with Crippen LogP contribution < -0.4 is 11.1 Å². The average Bonchev–Trinajstić information content (AvgIpc) is 2.59. The Hall–Kier alpha value is -1.60. The molecule has 1 unspecified atom stereocenters. The van der Waals surface area contributed by atoms with Crippen LogP contribution in [0.15, 0.2) is 29.2 Å². The van der Waals surface area contributed by atoms with Crippen molar-refractivity contribution in [3.8, 4) is 0 Å². The summed E-state index contributed by atoms with van der Waals surface area (Å²) >= 11 is 1.37. The third kappa shape index (κ3) is 5.51. The summed E-state index contributed by atoms with van der Waals surface area (Å²) in [5.74, 6) is 0.748. The molecule has 7 heteroatoms. The van der Waals surface area contributed by atoms with Crippen LogP contribution in [-0.4, -0.2) is 29.2 Å². The third-order valence-electron chi connectivity index (χ3n) is 4.24. The molecule has 1 amide bonds. The largest absolute Gasteiger partial charge is 0.351 e. The fourth-order valence-electron chi connectivity index (χ4n) is 2.97. The fraction of sp³-hybridized carbons (Fsp3) is 0.562. The van der Waals surface area contributed by atoms with Gasteiger partial charge in [-0.2, -0.15) is 0 Å². The summed E-state index contributed by atoms with van der Waals surface area (Å²) in [6, 6.07) is 6.28. The minimum absolute atomic E-state index is 0.0330. The van der Waals surface area contributed by atoms with Crippen molar-refractivity contribution in [3.05, 3.63) is 34.4 Å². The van der Waals surface area contributed by atoms with Crippen LogP contribution in [0.5, 0.6) is 0 Å². The van der Waals surface area contributed by atoms with Crippen molar-refractivity contribution in [2.45, 2.75) is 43.0 Å². The van der Waals surface area contributed by atoms with Gasteiger partial charge in [-0.1, -0.05) is 19.3 Å². The second-order valence-electron chi connectivity index (χ2n) is 5.85. The van der Waals surface area contributed by atoms with E-state index in [0.29, 0.717) is 18.2 Å². The van der Waals surface area contributed by atoms with Gasteiger partial charge in [0.05, 0.1) is 10.7 Å². The molecule has 0 saturated heterocycles. The molecule has 23 heavy (non-hydrogen) atoms. The summed E-state index contributed by atoms with van der Waals surface area (Å²) in [7, 11) is 0. The Morgan fingerprint density at radius 2 is 1.96 bits per heavy atom. The van der Waals surface area contributed by atoms with Crippen molar-refractivity contribution in [3.63, 3.8) is 0 Å². The summed E-state index contributed by atoms with van der Waals surface area (Å²) in [6.45, 7) is 0.471. The van der Waals surface area contributed by atoms with Gasteiger partial charge in [0.2, 0.25) is 5.91 Å². The quantitative estimate of drug-likeness (QED) is 0.453. The topological polar surface area (TPSA) is 98.3 Å². The van der Waals surface area contributed by atoms with Crippen LogP contribution in [-0.2, 0) is 4.79 Å². The van der Waals surface area contributed by atoms with Gasteiger partial charge in [0.25, 0.3) is 5.69 Å². The molecule has 1 saturated carbocycles. The van der Waals surface area contributed by atoms with E-state index in [1.165, 1.54) is 43.2 Å². The Morgan fingerprint density at radius 1 is 1.30 bits per heavy atom. The lowest BCUT2D eigenvalue weighted by Gasteiger charge is -2.30. The number of non-ortho nitro benzene ring substituents is 1. The van der Waals surface area contributed by atoms with Crippen LogP contribution in [0, 0.1) is 16.0 Å². The van der Waals surface area contributed by atoms with Gasteiger partial charge in [-0.25, -0.2) is 0 Å². The van der Waals surface area contributed by atoms with E-state index >= 15 is 0 Å². The number of thioether (sulfide) groups is 1. The van der Waals surface area contributed by atoms with Gasteiger partial charge < -0.3 is 11.1 Å². The molecule has 1 fully saturated rings. The number of hydrogen-bond donors (Lipinski definition) is 2. The van der Waals surface area contributed by atoms with Crippen molar-refractivity contribution in [2.75, 3.05) is 12.3 Å². The van der Waals surface area contributed by atoms with Gasteiger partial charge in [0.1, 0.15) is 0 Å². The second kappa shape index (κ2) is 8.88. The highest BCUT2D eigenvalue weighted by molar-refractivity contribution is 8.00. The molecule has 0 aliphatic heterocycles. The van der Waals surface area contributed by atoms with Gasteiger partial charge in [-0.3, -0.25) is 14.9 Å². The van der Waals surface area contributed by atoms with Gasteiger partial charge in [-0.05, 0) is 30.9 Å². The standard InChI is InChI=1S/C16H23N3O3S/c17-10-15(12-4-2-1-3-5-12)18-16(20)11-23-14-8-6-13(7-9-14)19(21)22/h6-9,12,15H,1-5,10-11,17H2,(H,18,20). The number of nitro groups is 1. The van der Waals surface area contributed by atoms with E-state index in [4.69, 9.17) is 5.73 Å². The lowest BCUT2D eigenvalue weighted by molar-refractivity contribution is -0.384. The van der Waals surface area contributed by atoms with Crippen LogP contribution in [0.4, 0.5) is 5.69 Å². The van der Waals surface area contributed by atoms with Gasteiger partial charge >= 0.3 is 0 Å². The second-order valence-corrected chi connectivity index (χ2v) is 6.90. The van der Waals surface area contributed by atoms with Crippen molar-refractivity contribution in [2.24, 2.45) is 11.7 Å². The molecule has 1 atom stereocenters. The number of nitro benzene ring substituents is 1. The molecule has 0 radical (unpaired) electrons. The molecule has 3 N–H and O–H groups in total. The van der Waals surface area contributed by atoms with Gasteiger partial charge in [0, 0.05) is 29.6 Å². The van der Waals surface area contributed by atoms with E-state index in [-0.39, 0.29) is 17.6 Å². The van der Waals surface area contributed by atoms with E-state index in [2.05, 4.69) is 5.32 Å². The Morgan fingerprint density at radius 3 is 2.52 bits per heavy atom. The number of hydrogen-bond acceptors (Lipinski definition) is 5. The molecule has 1 aliphatic carbocycles. The first-order valence-corrected chi connectivity index (χ1v) is 8.95.